The van der Waals surface area contributed by atoms with Crippen LogP contribution in [-0.4, -0.2) is 63.3 Å². The molecule has 7 nitrogen and oxygen atoms in total. The first-order valence-corrected chi connectivity index (χ1v) is 8.20. The molecule has 0 aromatic heterocycles. The SMILES string of the molecule is CCOCCCNC(=O)CN1CCN(c2ccc(OC)cc2)C1=O. The second-order valence-electron chi connectivity index (χ2n) is 5.45. The van der Waals surface area contributed by atoms with E-state index < -0.39 is 0 Å². The van der Waals surface area contributed by atoms with Crippen molar-refractivity contribution in [1.29, 1.82) is 0 Å². The van der Waals surface area contributed by atoms with Crippen LogP contribution in [0.4, 0.5) is 10.5 Å². The maximum Gasteiger partial charge on any atom is 0.325 e. The van der Waals surface area contributed by atoms with E-state index in [-0.39, 0.29) is 18.5 Å². The Morgan fingerprint density at radius 2 is 2.00 bits per heavy atom. The van der Waals surface area contributed by atoms with Gasteiger partial charge < -0.3 is 19.7 Å². The molecule has 7 heteroatoms. The minimum atomic E-state index is -0.148. The lowest BCUT2D eigenvalue weighted by molar-refractivity contribution is -0.121. The Morgan fingerprint density at radius 1 is 1.25 bits per heavy atom. The zero-order valence-corrected chi connectivity index (χ0v) is 14.3. The monoisotopic (exact) mass is 335 g/mol. The van der Waals surface area contributed by atoms with Crippen LogP contribution in [0.25, 0.3) is 0 Å². The number of carbonyl (C=O) groups is 2. The Kier molecular flexibility index (Phi) is 6.87. The van der Waals surface area contributed by atoms with Gasteiger partial charge in [-0.25, -0.2) is 4.79 Å². The molecule has 1 saturated heterocycles. The fraction of sp³-hybridized carbons (Fsp3) is 0.529. The summed E-state index contributed by atoms with van der Waals surface area (Å²) in [7, 11) is 1.60. The van der Waals surface area contributed by atoms with Crippen LogP contribution in [0.1, 0.15) is 13.3 Å². The van der Waals surface area contributed by atoms with Gasteiger partial charge in [0.05, 0.1) is 7.11 Å². The third-order valence-electron chi connectivity index (χ3n) is 3.81. The number of rotatable bonds is 9. The highest BCUT2D eigenvalue weighted by molar-refractivity contribution is 5.96. The number of urea groups is 1. The van der Waals surface area contributed by atoms with E-state index >= 15 is 0 Å². The third kappa shape index (κ3) is 4.86. The summed E-state index contributed by atoms with van der Waals surface area (Å²) in [6, 6.07) is 7.17. The molecule has 24 heavy (non-hydrogen) atoms. The van der Waals surface area contributed by atoms with Crippen LogP contribution >= 0.6 is 0 Å². The van der Waals surface area contributed by atoms with E-state index in [0.717, 1.165) is 17.9 Å². The zero-order valence-electron chi connectivity index (χ0n) is 14.3. The molecule has 0 atom stereocenters. The average molecular weight is 335 g/mol. The Hall–Kier alpha value is -2.28. The van der Waals surface area contributed by atoms with E-state index in [2.05, 4.69) is 5.32 Å². The van der Waals surface area contributed by atoms with Gasteiger partial charge in [-0.1, -0.05) is 0 Å². The molecule has 0 unspecified atom stereocenters. The van der Waals surface area contributed by atoms with Crippen molar-refractivity contribution in [3.63, 3.8) is 0 Å². The fourth-order valence-corrected chi connectivity index (χ4v) is 2.51. The largest absolute Gasteiger partial charge is 0.497 e. The van der Waals surface area contributed by atoms with Crippen LogP contribution in [0, 0.1) is 0 Å². The van der Waals surface area contributed by atoms with E-state index in [1.807, 2.05) is 31.2 Å². The van der Waals surface area contributed by atoms with Crippen molar-refractivity contribution in [3.05, 3.63) is 24.3 Å². The molecule has 1 heterocycles. The van der Waals surface area contributed by atoms with Gasteiger partial charge in [-0.2, -0.15) is 0 Å². The van der Waals surface area contributed by atoms with Gasteiger partial charge >= 0.3 is 6.03 Å². The molecule has 1 N–H and O–H groups in total. The summed E-state index contributed by atoms with van der Waals surface area (Å²) in [5.41, 5.74) is 0.806. The molecular formula is C17H25N3O4. The highest BCUT2D eigenvalue weighted by Gasteiger charge is 2.30. The quantitative estimate of drug-likeness (QED) is 0.694. The predicted octanol–water partition coefficient (Wildman–Crippen LogP) is 1.48. The number of hydrogen-bond acceptors (Lipinski definition) is 4. The normalized spacial score (nSPS) is 14.2. The van der Waals surface area contributed by atoms with Crippen molar-refractivity contribution in [2.45, 2.75) is 13.3 Å². The summed E-state index contributed by atoms with van der Waals surface area (Å²) in [6.45, 7) is 5.00. The lowest BCUT2D eigenvalue weighted by Crippen LogP contribution is -2.40. The average Bonchev–Trinajstić information content (AvgIpc) is 2.95. The van der Waals surface area contributed by atoms with Crippen molar-refractivity contribution in [2.24, 2.45) is 0 Å². The molecule has 1 fully saturated rings. The number of nitrogens with one attached hydrogen (secondary N) is 1. The van der Waals surface area contributed by atoms with Crippen LogP contribution in [0.3, 0.4) is 0 Å². The fourth-order valence-electron chi connectivity index (χ4n) is 2.51. The first-order valence-electron chi connectivity index (χ1n) is 8.20. The van der Waals surface area contributed by atoms with Gasteiger partial charge in [0.1, 0.15) is 12.3 Å². The number of amides is 3. The highest BCUT2D eigenvalue weighted by atomic mass is 16.5. The van der Waals surface area contributed by atoms with Gasteiger partial charge in [0.2, 0.25) is 5.91 Å². The number of benzene rings is 1. The second-order valence-corrected chi connectivity index (χ2v) is 5.45. The first kappa shape index (κ1) is 18.1. The van der Waals surface area contributed by atoms with E-state index in [1.165, 1.54) is 0 Å². The standard InChI is InChI=1S/C17H25N3O4/c1-3-24-12-4-9-18-16(21)13-19-10-11-20(17(19)22)14-5-7-15(23-2)8-6-14/h5-8H,3-4,9-13H2,1-2H3,(H,18,21). The smallest absolute Gasteiger partial charge is 0.325 e. The zero-order chi connectivity index (χ0) is 17.4. The maximum absolute atomic E-state index is 12.4. The van der Waals surface area contributed by atoms with Gasteiger partial charge in [0.15, 0.2) is 0 Å². The van der Waals surface area contributed by atoms with Gasteiger partial charge in [0.25, 0.3) is 0 Å². The Balaban J connectivity index is 1.79. The van der Waals surface area contributed by atoms with Crippen LogP contribution in [0.15, 0.2) is 24.3 Å². The van der Waals surface area contributed by atoms with Crippen LogP contribution < -0.4 is 15.0 Å². The van der Waals surface area contributed by atoms with Gasteiger partial charge in [-0.3, -0.25) is 9.69 Å². The molecule has 2 rings (SSSR count). The summed E-state index contributed by atoms with van der Waals surface area (Å²) >= 11 is 0. The molecule has 3 amide bonds. The first-order chi connectivity index (χ1) is 11.7. The minimum Gasteiger partial charge on any atom is -0.497 e. The van der Waals surface area contributed by atoms with Gasteiger partial charge in [-0.15, -0.1) is 0 Å². The number of ether oxygens (including phenoxy) is 2. The van der Waals surface area contributed by atoms with Crippen LogP contribution in [-0.2, 0) is 9.53 Å². The van der Waals surface area contributed by atoms with Crippen molar-refractivity contribution < 1.29 is 19.1 Å². The molecule has 1 aliphatic rings. The van der Waals surface area contributed by atoms with E-state index in [1.54, 1.807) is 16.9 Å². The number of carbonyl (C=O) groups excluding carboxylic acids is 2. The molecule has 1 aliphatic heterocycles. The molecular weight excluding hydrogens is 310 g/mol. The third-order valence-corrected chi connectivity index (χ3v) is 3.81. The van der Waals surface area contributed by atoms with Gasteiger partial charge in [0, 0.05) is 38.5 Å². The Morgan fingerprint density at radius 3 is 2.67 bits per heavy atom. The van der Waals surface area contributed by atoms with Crippen molar-refractivity contribution >= 4 is 17.6 Å². The van der Waals surface area contributed by atoms with E-state index in [0.29, 0.717) is 32.8 Å². The number of nitrogens with zero attached hydrogens (tertiary/aromatic N) is 2. The summed E-state index contributed by atoms with van der Waals surface area (Å²) in [5, 5.41) is 2.81. The predicted molar refractivity (Wildman–Crippen MR) is 91.4 cm³/mol. The maximum atomic E-state index is 12.4. The van der Waals surface area contributed by atoms with Crippen LogP contribution in [0.5, 0.6) is 5.75 Å². The molecule has 0 aliphatic carbocycles. The Bertz CT molecular complexity index is 547. The summed E-state index contributed by atoms with van der Waals surface area (Å²) in [6.07, 6.45) is 0.769. The number of anilines is 1. The topological polar surface area (TPSA) is 71.1 Å². The molecule has 132 valence electrons. The molecule has 1 aromatic rings. The lowest BCUT2D eigenvalue weighted by atomic mass is 10.3. The van der Waals surface area contributed by atoms with Gasteiger partial charge in [-0.05, 0) is 37.6 Å². The Labute approximate surface area is 142 Å². The molecule has 0 bridgehead atoms. The summed E-state index contributed by atoms with van der Waals surface area (Å²) in [4.78, 5) is 27.6. The van der Waals surface area contributed by atoms with Crippen molar-refractivity contribution in [2.75, 3.05) is 51.4 Å². The minimum absolute atomic E-state index is 0.0835. The highest BCUT2D eigenvalue weighted by Crippen LogP contribution is 2.22. The van der Waals surface area contributed by atoms with Crippen molar-refractivity contribution in [1.82, 2.24) is 10.2 Å². The molecule has 0 saturated carbocycles. The summed E-state index contributed by atoms with van der Waals surface area (Å²) < 4.78 is 10.3. The number of hydrogen-bond donors (Lipinski definition) is 1. The molecule has 1 aromatic carbocycles. The summed E-state index contributed by atoms with van der Waals surface area (Å²) in [5.74, 6) is 0.602. The second kappa shape index (κ2) is 9.12. The van der Waals surface area contributed by atoms with E-state index in [9.17, 15) is 9.59 Å². The lowest BCUT2D eigenvalue weighted by Gasteiger charge is -2.18. The van der Waals surface area contributed by atoms with Crippen LogP contribution in [0.2, 0.25) is 0 Å². The van der Waals surface area contributed by atoms with E-state index in [4.69, 9.17) is 9.47 Å². The van der Waals surface area contributed by atoms with Crippen molar-refractivity contribution in [3.8, 4) is 5.75 Å². The molecule has 0 radical (unpaired) electrons. The molecule has 0 spiro atoms. The number of methoxy groups -OCH3 is 1.